The van der Waals surface area contributed by atoms with E-state index < -0.39 is 28.5 Å². The predicted octanol–water partition coefficient (Wildman–Crippen LogP) is 3.21. The Morgan fingerprint density at radius 1 is 1.17 bits per heavy atom. The molecule has 0 radical (unpaired) electrons. The highest BCUT2D eigenvalue weighted by atomic mass is 19.1. The maximum atomic E-state index is 12.9. The van der Waals surface area contributed by atoms with E-state index in [0.717, 1.165) is 12.1 Å². The molecule has 2 bridgehead atoms. The van der Waals surface area contributed by atoms with E-state index in [1.807, 2.05) is 20.8 Å². The lowest BCUT2D eigenvalue weighted by atomic mass is 9.65. The summed E-state index contributed by atoms with van der Waals surface area (Å²) < 4.78 is 12.9. The van der Waals surface area contributed by atoms with Crippen LogP contribution in [0.3, 0.4) is 0 Å². The minimum absolute atomic E-state index is 0.307. The maximum absolute atomic E-state index is 12.9. The van der Waals surface area contributed by atoms with Crippen molar-refractivity contribution >= 4 is 17.6 Å². The first kappa shape index (κ1) is 16.6. The van der Waals surface area contributed by atoms with E-state index in [1.54, 1.807) is 0 Å². The zero-order chi connectivity index (χ0) is 17.8. The van der Waals surface area contributed by atoms with Gasteiger partial charge in [0.05, 0.1) is 5.41 Å². The van der Waals surface area contributed by atoms with Crippen LogP contribution in [-0.4, -0.2) is 22.7 Å². The second-order valence-electron chi connectivity index (χ2n) is 7.53. The molecule has 1 amide bonds. The van der Waals surface area contributed by atoms with Gasteiger partial charge in [-0.3, -0.25) is 9.59 Å². The lowest BCUT2D eigenvalue weighted by Crippen LogP contribution is -2.40. The minimum Gasteiger partial charge on any atom is -0.481 e. The molecular weight excluding hydrogens is 311 g/mol. The van der Waals surface area contributed by atoms with Crippen LogP contribution < -0.4 is 5.43 Å². The molecule has 2 atom stereocenters. The van der Waals surface area contributed by atoms with Crippen molar-refractivity contribution in [3.8, 4) is 0 Å². The summed E-state index contributed by atoms with van der Waals surface area (Å²) in [5.41, 5.74) is 1.89. The van der Waals surface area contributed by atoms with Gasteiger partial charge in [0.2, 0.25) is 0 Å². The number of fused-ring (bicyclic) bond motifs is 2. The van der Waals surface area contributed by atoms with Crippen molar-refractivity contribution < 1.29 is 19.1 Å². The Labute approximate surface area is 139 Å². The van der Waals surface area contributed by atoms with Crippen LogP contribution in [0, 0.1) is 22.1 Å². The van der Waals surface area contributed by atoms with E-state index in [1.165, 1.54) is 24.3 Å². The smallest absolute Gasteiger partial charge is 0.310 e. The summed E-state index contributed by atoms with van der Waals surface area (Å²) in [7, 11) is 0. The van der Waals surface area contributed by atoms with E-state index in [9.17, 15) is 19.1 Å². The monoisotopic (exact) mass is 332 g/mol. The van der Waals surface area contributed by atoms with Gasteiger partial charge in [0, 0.05) is 23.1 Å². The van der Waals surface area contributed by atoms with Crippen molar-refractivity contribution in [3.63, 3.8) is 0 Å². The van der Waals surface area contributed by atoms with E-state index in [-0.39, 0.29) is 5.41 Å². The van der Waals surface area contributed by atoms with Gasteiger partial charge in [0.15, 0.2) is 0 Å². The molecule has 5 nitrogen and oxygen atoms in total. The number of rotatable bonds is 3. The highest BCUT2D eigenvalue weighted by Crippen LogP contribution is 2.70. The molecule has 0 aromatic heterocycles. The number of hydrogen-bond donors (Lipinski definition) is 2. The number of carboxylic acid groups (broad SMARTS) is 1. The zero-order valence-electron chi connectivity index (χ0n) is 14.0. The van der Waals surface area contributed by atoms with Gasteiger partial charge in [-0.15, -0.1) is 0 Å². The fourth-order valence-corrected chi connectivity index (χ4v) is 4.31. The van der Waals surface area contributed by atoms with E-state index in [0.29, 0.717) is 18.4 Å². The number of benzene rings is 1. The summed E-state index contributed by atoms with van der Waals surface area (Å²) in [5, 5.41) is 14.0. The Kier molecular flexibility index (Phi) is 3.55. The number of nitrogens with zero attached hydrogens (tertiary/aromatic N) is 1. The van der Waals surface area contributed by atoms with Crippen molar-refractivity contribution in [2.75, 3.05) is 0 Å². The Hall–Kier alpha value is -2.24. The van der Waals surface area contributed by atoms with Gasteiger partial charge in [0.1, 0.15) is 5.82 Å². The Balaban J connectivity index is 1.86. The molecule has 2 unspecified atom stereocenters. The van der Waals surface area contributed by atoms with Crippen LogP contribution in [0.5, 0.6) is 0 Å². The average molecular weight is 332 g/mol. The molecular formula is C18H21FN2O3. The summed E-state index contributed by atoms with van der Waals surface area (Å²) in [6, 6.07) is 5.19. The molecule has 128 valence electrons. The van der Waals surface area contributed by atoms with Gasteiger partial charge in [0.25, 0.3) is 5.91 Å². The highest BCUT2D eigenvalue weighted by Gasteiger charge is 2.71. The van der Waals surface area contributed by atoms with Gasteiger partial charge < -0.3 is 5.11 Å². The Morgan fingerprint density at radius 3 is 2.33 bits per heavy atom. The van der Waals surface area contributed by atoms with Gasteiger partial charge in [-0.1, -0.05) is 20.8 Å². The molecule has 2 N–H and O–H groups in total. The lowest BCUT2D eigenvalue weighted by molar-refractivity contribution is -0.154. The molecule has 2 aliphatic rings. The second-order valence-corrected chi connectivity index (χ2v) is 7.53. The first-order valence-electron chi connectivity index (χ1n) is 8.00. The van der Waals surface area contributed by atoms with E-state index >= 15 is 0 Å². The lowest BCUT2D eigenvalue weighted by Gasteiger charge is -2.37. The maximum Gasteiger partial charge on any atom is 0.310 e. The SMILES string of the molecule is CC12CCC(C(=O)O)(CC1=NNC(=O)c1ccc(F)cc1)C2(C)C. The van der Waals surface area contributed by atoms with Crippen LogP contribution in [0.15, 0.2) is 29.4 Å². The van der Waals surface area contributed by atoms with Gasteiger partial charge in [-0.25, -0.2) is 9.82 Å². The average Bonchev–Trinajstić information content (AvgIpc) is 2.83. The molecule has 2 fully saturated rings. The molecule has 24 heavy (non-hydrogen) atoms. The van der Waals surface area contributed by atoms with Crippen molar-refractivity contribution in [2.45, 2.75) is 40.0 Å². The molecule has 3 rings (SSSR count). The first-order valence-corrected chi connectivity index (χ1v) is 8.00. The van der Waals surface area contributed by atoms with Gasteiger partial charge in [-0.05, 0) is 42.5 Å². The Morgan fingerprint density at radius 2 is 1.79 bits per heavy atom. The predicted molar refractivity (Wildman–Crippen MR) is 87.1 cm³/mol. The standard InChI is InChI=1S/C18H21FN2O3/c1-16(2)17(3)8-9-18(16,15(23)24)10-13(17)20-21-14(22)11-4-6-12(19)7-5-11/h4-7H,8-10H2,1-3H3,(H,21,22)(H,23,24). The summed E-state index contributed by atoms with van der Waals surface area (Å²) >= 11 is 0. The van der Waals surface area contributed by atoms with E-state index in [4.69, 9.17) is 0 Å². The summed E-state index contributed by atoms with van der Waals surface area (Å²) in [4.78, 5) is 24.0. The normalized spacial score (nSPS) is 32.1. The topological polar surface area (TPSA) is 78.8 Å². The fraction of sp³-hybridized carbons (Fsp3) is 0.500. The fourth-order valence-electron chi connectivity index (χ4n) is 4.31. The molecule has 1 aromatic carbocycles. The number of nitrogens with one attached hydrogen (secondary N) is 1. The number of carbonyl (C=O) groups excluding carboxylic acids is 1. The van der Waals surface area contributed by atoms with Gasteiger partial charge in [-0.2, -0.15) is 5.10 Å². The van der Waals surface area contributed by atoms with Crippen LogP contribution in [0.1, 0.15) is 50.4 Å². The molecule has 1 aromatic rings. The molecule has 0 heterocycles. The molecule has 0 spiro atoms. The molecule has 0 saturated heterocycles. The van der Waals surface area contributed by atoms with Crippen molar-refractivity contribution in [2.24, 2.45) is 21.3 Å². The third-order valence-corrected chi connectivity index (χ3v) is 6.54. The van der Waals surface area contributed by atoms with E-state index in [2.05, 4.69) is 10.5 Å². The number of hydrazone groups is 1. The quantitative estimate of drug-likeness (QED) is 0.834. The van der Waals surface area contributed by atoms with Crippen LogP contribution in [-0.2, 0) is 4.79 Å². The molecule has 2 saturated carbocycles. The highest BCUT2D eigenvalue weighted by molar-refractivity contribution is 6.02. The number of amides is 1. The molecule has 0 aliphatic heterocycles. The zero-order valence-corrected chi connectivity index (χ0v) is 14.0. The molecule has 2 aliphatic carbocycles. The van der Waals surface area contributed by atoms with Crippen LogP contribution >= 0.6 is 0 Å². The minimum atomic E-state index is -0.832. The number of carbonyl (C=O) groups is 2. The largest absolute Gasteiger partial charge is 0.481 e. The number of hydrogen-bond acceptors (Lipinski definition) is 3. The number of halogens is 1. The first-order chi connectivity index (χ1) is 11.1. The van der Waals surface area contributed by atoms with Crippen LogP contribution in [0.2, 0.25) is 0 Å². The summed E-state index contributed by atoms with van der Waals surface area (Å²) in [6.07, 6.45) is 1.70. The summed E-state index contributed by atoms with van der Waals surface area (Å²) in [5.74, 6) is -1.65. The van der Waals surface area contributed by atoms with Crippen molar-refractivity contribution in [3.05, 3.63) is 35.6 Å². The summed E-state index contributed by atoms with van der Waals surface area (Å²) in [6.45, 7) is 5.96. The second kappa shape index (κ2) is 5.13. The number of carboxylic acids is 1. The van der Waals surface area contributed by atoms with Crippen molar-refractivity contribution in [1.82, 2.24) is 5.43 Å². The van der Waals surface area contributed by atoms with Crippen LogP contribution in [0.25, 0.3) is 0 Å². The van der Waals surface area contributed by atoms with Gasteiger partial charge >= 0.3 is 5.97 Å². The van der Waals surface area contributed by atoms with Crippen molar-refractivity contribution in [1.29, 1.82) is 0 Å². The molecule has 6 heteroatoms. The third kappa shape index (κ3) is 2.01. The van der Waals surface area contributed by atoms with Crippen LogP contribution in [0.4, 0.5) is 4.39 Å². The Bertz CT molecular complexity index is 741. The third-order valence-electron chi connectivity index (χ3n) is 6.54. The number of aliphatic carboxylic acids is 1.